The van der Waals surface area contributed by atoms with Crippen molar-refractivity contribution in [1.29, 1.82) is 0 Å². The molecule has 1 saturated heterocycles. The summed E-state index contributed by atoms with van der Waals surface area (Å²) in [4.78, 5) is 5.16. The molecule has 0 bridgehead atoms. The molecule has 0 amide bonds. The Balaban J connectivity index is 0.00000196. The van der Waals surface area contributed by atoms with Crippen LogP contribution in [0.15, 0.2) is 48.5 Å². The van der Waals surface area contributed by atoms with Gasteiger partial charge in [-0.15, -0.1) is 24.8 Å². The van der Waals surface area contributed by atoms with Crippen molar-refractivity contribution in [2.24, 2.45) is 0 Å². The van der Waals surface area contributed by atoms with Crippen molar-refractivity contribution in [1.82, 2.24) is 9.80 Å². The third-order valence-corrected chi connectivity index (χ3v) is 5.48. The van der Waals surface area contributed by atoms with E-state index < -0.39 is 0 Å². The van der Waals surface area contributed by atoms with E-state index in [-0.39, 0.29) is 24.8 Å². The molecule has 1 heterocycles. The largest absolute Gasteiger partial charge is 0.495 e. The molecule has 0 N–H and O–H groups in total. The summed E-state index contributed by atoms with van der Waals surface area (Å²) >= 11 is 6.22. The van der Waals surface area contributed by atoms with Crippen molar-refractivity contribution in [2.45, 2.75) is 19.3 Å². The van der Waals surface area contributed by atoms with Gasteiger partial charge in [0.05, 0.1) is 12.1 Å². The molecule has 2 aromatic carbocycles. The van der Waals surface area contributed by atoms with Crippen LogP contribution in [0, 0.1) is 0 Å². The fourth-order valence-electron chi connectivity index (χ4n) is 3.54. The zero-order valence-corrected chi connectivity index (χ0v) is 18.9. The minimum Gasteiger partial charge on any atom is -0.495 e. The lowest BCUT2D eigenvalue weighted by molar-refractivity contribution is 0.132. The molecule has 156 valence electrons. The molecule has 6 heteroatoms. The molecule has 1 aliphatic heterocycles. The van der Waals surface area contributed by atoms with Crippen LogP contribution in [0.5, 0.6) is 5.75 Å². The number of hydrogen-bond donors (Lipinski definition) is 0. The fraction of sp³-hybridized carbons (Fsp3) is 0.455. The standard InChI is InChI=1S/C22H29ClN2O.2ClH/c1-26-22-10-9-20(18-21(22)23)11-13-25-16-14-24(15-17-25)12-5-8-19-6-3-2-4-7-19;;/h2-4,6-7,9-10,18H,5,8,11-17H2,1H3;2*1H. The van der Waals surface area contributed by atoms with E-state index in [9.17, 15) is 0 Å². The van der Waals surface area contributed by atoms with Crippen molar-refractivity contribution in [3.63, 3.8) is 0 Å². The predicted octanol–water partition coefficient (Wildman–Crippen LogP) is 4.99. The van der Waals surface area contributed by atoms with E-state index in [4.69, 9.17) is 16.3 Å². The molecule has 3 nitrogen and oxygen atoms in total. The van der Waals surface area contributed by atoms with Crippen molar-refractivity contribution < 1.29 is 4.74 Å². The van der Waals surface area contributed by atoms with E-state index in [2.05, 4.69) is 46.2 Å². The summed E-state index contributed by atoms with van der Waals surface area (Å²) < 4.78 is 5.22. The number of methoxy groups -OCH3 is 1. The van der Waals surface area contributed by atoms with Crippen LogP contribution in [0.2, 0.25) is 5.02 Å². The van der Waals surface area contributed by atoms with Crippen LogP contribution < -0.4 is 4.74 Å². The van der Waals surface area contributed by atoms with E-state index in [0.29, 0.717) is 5.02 Å². The topological polar surface area (TPSA) is 15.7 Å². The summed E-state index contributed by atoms with van der Waals surface area (Å²) in [6.45, 7) is 6.98. The molecular weight excluding hydrogens is 415 g/mol. The highest BCUT2D eigenvalue weighted by Crippen LogP contribution is 2.25. The lowest BCUT2D eigenvalue weighted by Gasteiger charge is -2.34. The summed E-state index contributed by atoms with van der Waals surface area (Å²) in [7, 11) is 1.65. The molecule has 2 aromatic rings. The first-order valence-corrected chi connectivity index (χ1v) is 9.93. The third-order valence-electron chi connectivity index (χ3n) is 5.18. The third kappa shape index (κ3) is 7.81. The number of hydrogen-bond acceptors (Lipinski definition) is 3. The van der Waals surface area contributed by atoms with Crippen LogP contribution in [0.4, 0.5) is 0 Å². The molecule has 0 saturated carbocycles. The summed E-state index contributed by atoms with van der Waals surface area (Å²) in [6, 6.07) is 16.9. The Bertz CT molecular complexity index is 677. The van der Waals surface area contributed by atoms with Crippen LogP contribution in [-0.2, 0) is 12.8 Å². The van der Waals surface area contributed by atoms with Gasteiger partial charge >= 0.3 is 0 Å². The molecule has 3 rings (SSSR count). The smallest absolute Gasteiger partial charge is 0.137 e. The maximum Gasteiger partial charge on any atom is 0.137 e. The number of rotatable bonds is 8. The normalized spacial score (nSPS) is 14.8. The van der Waals surface area contributed by atoms with Gasteiger partial charge in [-0.25, -0.2) is 0 Å². The highest BCUT2D eigenvalue weighted by atomic mass is 35.5. The summed E-state index contributed by atoms with van der Waals surface area (Å²) in [5, 5.41) is 0.702. The van der Waals surface area contributed by atoms with Gasteiger partial charge in [0.15, 0.2) is 0 Å². The minimum absolute atomic E-state index is 0. The zero-order valence-electron chi connectivity index (χ0n) is 16.5. The van der Waals surface area contributed by atoms with Gasteiger partial charge in [-0.1, -0.05) is 48.0 Å². The minimum atomic E-state index is 0. The summed E-state index contributed by atoms with van der Waals surface area (Å²) in [5.41, 5.74) is 2.73. The number of benzene rings is 2. The molecule has 0 aromatic heterocycles. The molecule has 0 unspecified atom stereocenters. The van der Waals surface area contributed by atoms with Crippen molar-refractivity contribution in [3.05, 3.63) is 64.7 Å². The highest BCUT2D eigenvalue weighted by molar-refractivity contribution is 6.32. The van der Waals surface area contributed by atoms with Gasteiger partial charge in [-0.05, 0) is 49.1 Å². The Morgan fingerprint density at radius 3 is 2.07 bits per heavy atom. The second-order valence-electron chi connectivity index (χ2n) is 6.99. The molecular formula is C22H31Cl3N2O. The second kappa shape index (κ2) is 13.3. The van der Waals surface area contributed by atoms with E-state index in [1.165, 1.54) is 43.6 Å². The SMILES string of the molecule is COc1ccc(CCN2CCN(CCCc3ccccc3)CC2)cc1Cl.Cl.Cl. The van der Waals surface area contributed by atoms with Crippen LogP contribution in [-0.4, -0.2) is 56.2 Å². The average molecular weight is 446 g/mol. The summed E-state index contributed by atoms with van der Waals surface area (Å²) in [5.74, 6) is 0.750. The Hall–Kier alpha value is -0.970. The van der Waals surface area contributed by atoms with Gasteiger partial charge in [0, 0.05) is 32.7 Å². The van der Waals surface area contributed by atoms with Crippen molar-refractivity contribution in [3.8, 4) is 5.75 Å². The molecule has 0 atom stereocenters. The van der Waals surface area contributed by atoms with Gasteiger partial charge in [0.1, 0.15) is 5.75 Å². The number of halogens is 3. The van der Waals surface area contributed by atoms with Crippen LogP contribution in [0.1, 0.15) is 17.5 Å². The predicted molar refractivity (Wildman–Crippen MR) is 124 cm³/mol. The second-order valence-corrected chi connectivity index (χ2v) is 7.40. The Labute approximate surface area is 186 Å². The van der Waals surface area contributed by atoms with E-state index in [0.717, 1.165) is 31.8 Å². The molecule has 0 spiro atoms. The Morgan fingerprint density at radius 2 is 1.46 bits per heavy atom. The first-order chi connectivity index (χ1) is 12.7. The number of aryl methyl sites for hydroxylation is 1. The van der Waals surface area contributed by atoms with Gasteiger partial charge in [-0.2, -0.15) is 0 Å². The quantitative estimate of drug-likeness (QED) is 0.569. The first kappa shape index (κ1) is 25.1. The van der Waals surface area contributed by atoms with Gasteiger partial charge < -0.3 is 14.5 Å². The monoisotopic (exact) mass is 444 g/mol. The average Bonchev–Trinajstić information content (AvgIpc) is 2.68. The first-order valence-electron chi connectivity index (χ1n) is 9.55. The lowest BCUT2D eigenvalue weighted by Crippen LogP contribution is -2.47. The number of nitrogens with zero attached hydrogens (tertiary/aromatic N) is 2. The Kier molecular flexibility index (Phi) is 11.9. The maximum absolute atomic E-state index is 6.22. The number of piperazine rings is 1. The van der Waals surface area contributed by atoms with Gasteiger partial charge in [0.25, 0.3) is 0 Å². The highest BCUT2D eigenvalue weighted by Gasteiger charge is 2.16. The molecule has 28 heavy (non-hydrogen) atoms. The van der Waals surface area contributed by atoms with E-state index in [1.54, 1.807) is 7.11 Å². The van der Waals surface area contributed by atoms with E-state index in [1.807, 2.05) is 12.1 Å². The van der Waals surface area contributed by atoms with Gasteiger partial charge in [0.2, 0.25) is 0 Å². The summed E-state index contributed by atoms with van der Waals surface area (Å²) in [6.07, 6.45) is 3.46. The van der Waals surface area contributed by atoms with Crippen molar-refractivity contribution in [2.75, 3.05) is 46.4 Å². The fourth-order valence-corrected chi connectivity index (χ4v) is 3.82. The zero-order chi connectivity index (χ0) is 18.2. The molecule has 0 aliphatic carbocycles. The van der Waals surface area contributed by atoms with Gasteiger partial charge in [-0.3, -0.25) is 0 Å². The van der Waals surface area contributed by atoms with Crippen LogP contribution >= 0.6 is 36.4 Å². The number of ether oxygens (including phenoxy) is 1. The Morgan fingerprint density at radius 1 is 0.821 bits per heavy atom. The molecule has 0 radical (unpaired) electrons. The van der Waals surface area contributed by atoms with Crippen molar-refractivity contribution >= 4 is 36.4 Å². The van der Waals surface area contributed by atoms with Crippen LogP contribution in [0.25, 0.3) is 0 Å². The maximum atomic E-state index is 6.22. The van der Waals surface area contributed by atoms with E-state index >= 15 is 0 Å². The molecule has 1 aliphatic rings. The van der Waals surface area contributed by atoms with Crippen LogP contribution in [0.3, 0.4) is 0 Å². The lowest BCUT2D eigenvalue weighted by atomic mass is 10.1. The molecule has 1 fully saturated rings.